The molecule has 180 valence electrons. The summed E-state index contributed by atoms with van der Waals surface area (Å²) in [6.07, 6.45) is 3.05. The van der Waals surface area contributed by atoms with E-state index in [0.29, 0.717) is 40.8 Å². The molecule has 2 aromatic heterocycles. The van der Waals surface area contributed by atoms with Crippen molar-refractivity contribution in [3.8, 4) is 17.2 Å². The maximum Gasteiger partial charge on any atom is 0.255 e. The van der Waals surface area contributed by atoms with Crippen molar-refractivity contribution in [3.05, 3.63) is 77.0 Å². The van der Waals surface area contributed by atoms with Crippen LogP contribution in [0.3, 0.4) is 0 Å². The molecule has 0 fully saturated rings. The molecule has 0 atom stereocenters. The Morgan fingerprint density at radius 3 is 2.54 bits per heavy atom. The predicted octanol–water partition coefficient (Wildman–Crippen LogP) is 3.83. The zero-order chi connectivity index (χ0) is 24.6. The Balaban J connectivity index is 1.33. The van der Waals surface area contributed by atoms with Crippen LogP contribution in [0.15, 0.2) is 65.7 Å². The lowest BCUT2D eigenvalue weighted by molar-refractivity contribution is -0.116. The number of nitrogens with one attached hydrogen (secondary N) is 2. The maximum atomic E-state index is 12.7. The molecule has 2 N–H and O–H groups in total. The first-order valence-electron chi connectivity index (χ1n) is 10.5. The van der Waals surface area contributed by atoms with Gasteiger partial charge in [0, 0.05) is 22.8 Å². The molecule has 0 unspecified atom stereocenters. The summed E-state index contributed by atoms with van der Waals surface area (Å²) in [4.78, 5) is 29.2. The second-order valence-corrected chi connectivity index (χ2v) is 8.01. The summed E-state index contributed by atoms with van der Waals surface area (Å²) < 4.78 is 17.7. The molecule has 4 aromatic rings. The molecule has 0 aliphatic carbocycles. The predicted molar refractivity (Wildman–Crippen MR) is 131 cm³/mol. The Morgan fingerprint density at radius 2 is 1.83 bits per heavy atom. The number of hydrogen-bond acceptors (Lipinski definition) is 8. The highest BCUT2D eigenvalue weighted by Crippen LogP contribution is 2.29. The molecule has 11 heteroatoms. The van der Waals surface area contributed by atoms with E-state index < -0.39 is 0 Å². The number of amides is 2. The average molecular weight is 494 g/mol. The fraction of sp³-hybridized carbons (Fsp3) is 0.167. The lowest BCUT2D eigenvalue weighted by Crippen LogP contribution is -2.19. The van der Waals surface area contributed by atoms with Crippen molar-refractivity contribution in [2.75, 3.05) is 24.9 Å². The van der Waals surface area contributed by atoms with Crippen molar-refractivity contribution in [1.29, 1.82) is 0 Å². The fourth-order valence-corrected chi connectivity index (χ4v) is 3.67. The summed E-state index contributed by atoms with van der Waals surface area (Å²) in [5, 5.41) is 11.6. The average Bonchev–Trinajstić information content (AvgIpc) is 3.55. The first-order chi connectivity index (χ1) is 17.0. The SMILES string of the molecule is COc1ccc(NC(=O)Cn2cc(NC(=O)c3ccc(OCc4cscn4)c(OC)c3)cn2)cc1. The molecule has 0 aliphatic rings. The van der Waals surface area contributed by atoms with Crippen LogP contribution in [-0.2, 0) is 17.9 Å². The van der Waals surface area contributed by atoms with E-state index in [4.69, 9.17) is 14.2 Å². The Hall–Kier alpha value is -4.38. The molecule has 0 saturated heterocycles. The van der Waals surface area contributed by atoms with E-state index in [2.05, 4.69) is 20.7 Å². The smallest absolute Gasteiger partial charge is 0.255 e. The number of carbonyl (C=O) groups is 2. The normalized spacial score (nSPS) is 10.5. The highest BCUT2D eigenvalue weighted by Gasteiger charge is 2.13. The van der Waals surface area contributed by atoms with Crippen LogP contribution in [0.4, 0.5) is 11.4 Å². The minimum atomic E-state index is -0.350. The molecule has 2 heterocycles. The third-order valence-electron chi connectivity index (χ3n) is 4.86. The highest BCUT2D eigenvalue weighted by atomic mass is 32.1. The molecule has 0 aliphatic heterocycles. The molecule has 2 amide bonds. The standard InChI is InChI=1S/C24H23N5O5S/c1-32-20-6-4-17(5-7-20)27-23(30)12-29-11-18(10-26-29)28-24(31)16-3-8-21(22(9-16)33-2)34-13-19-14-35-15-25-19/h3-11,14-15H,12-13H2,1-2H3,(H,27,30)(H,28,31). The first kappa shape index (κ1) is 23.8. The van der Waals surface area contributed by atoms with Crippen LogP contribution < -0.4 is 24.8 Å². The third kappa shape index (κ3) is 6.36. The van der Waals surface area contributed by atoms with Gasteiger partial charge in [0.15, 0.2) is 11.5 Å². The van der Waals surface area contributed by atoms with E-state index in [-0.39, 0.29) is 18.4 Å². The Bertz CT molecular complexity index is 1290. The largest absolute Gasteiger partial charge is 0.497 e. The number of carbonyl (C=O) groups excluding carboxylic acids is 2. The minimum Gasteiger partial charge on any atom is -0.497 e. The van der Waals surface area contributed by atoms with Crippen LogP contribution in [0, 0.1) is 0 Å². The van der Waals surface area contributed by atoms with Crippen LogP contribution in [0.25, 0.3) is 0 Å². The molecule has 2 aromatic carbocycles. The zero-order valence-electron chi connectivity index (χ0n) is 19.1. The lowest BCUT2D eigenvalue weighted by atomic mass is 10.2. The van der Waals surface area contributed by atoms with E-state index in [1.54, 1.807) is 61.3 Å². The zero-order valence-corrected chi connectivity index (χ0v) is 19.9. The van der Waals surface area contributed by atoms with Crippen molar-refractivity contribution < 1.29 is 23.8 Å². The van der Waals surface area contributed by atoms with Gasteiger partial charge in [-0.1, -0.05) is 0 Å². The topological polar surface area (TPSA) is 117 Å². The van der Waals surface area contributed by atoms with E-state index in [0.717, 1.165) is 5.69 Å². The molecule has 0 bridgehead atoms. The van der Waals surface area contributed by atoms with Crippen molar-refractivity contribution in [2.24, 2.45) is 0 Å². The number of benzene rings is 2. The molecule has 4 rings (SSSR count). The minimum absolute atomic E-state index is 0.0131. The van der Waals surface area contributed by atoms with Gasteiger partial charge in [0.1, 0.15) is 18.9 Å². The van der Waals surface area contributed by atoms with Crippen LogP contribution in [0.1, 0.15) is 16.1 Å². The van der Waals surface area contributed by atoms with Gasteiger partial charge < -0.3 is 24.8 Å². The quantitative estimate of drug-likeness (QED) is 0.345. The van der Waals surface area contributed by atoms with Gasteiger partial charge in [0.2, 0.25) is 5.91 Å². The number of anilines is 2. The molecular formula is C24H23N5O5S. The van der Waals surface area contributed by atoms with Crippen molar-refractivity contribution in [2.45, 2.75) is 13.2 Å². The third-order valence-corrected chi connectivity index (χ3v) is 5.49. The van der Waals surface area contributed by atoms with Crippen LogP contribution in [0.5, 0.6) is 17.2 Å². The number of rotatable bonds is 10. The molecule has 10 nitrogen and oxygen atoms in total. The number of hydrogen-bond donors (Lipinski definition) is 2. The summed E-state index contributed by atoms with van der Waals surface area (Å²) >= 11 is 1.49. The van der Waals surface area contributed by atoms with Crippen LogP contribution in [-0.4, -0.2) is 40.8 Å². The molecular weight excluding hydrogens is 470 g/mol. The van der Waals surface area contributed by atoms with Crippen molar-refractivity contribution in [1.82, 2.24) is 14.8 Å². The van der Waals surface area contributed by atoms with Gasteiger partial charge in [0.05, 0.1) is 37.3 Å². The summed E-state index contributed by atoms with van der Waals surface area (Å²) in [5.41, 5.74) is 4.03. The number of ether oxygens (including phenoxy) is 3. The van der Waals surface area contributed by atoms with Gasteiger partial charge in [-0.3, -0.25) is 14.3 Å². The highest BCUT2D eigenvalue weighted by molar-refractivity contribution is 7.07. The summed E-state index contributed by atoms with van der Waals surface area (Å²) in [6, 6.07) is 11.9. The van der Waals surface area contributed by atoms with Gasteiger partial charge in [-0.25, -0.2) is 4.98 Å². The van der Waals surface area contributed by atoms with E-state index in [9.17, 15) is 9.59 Å². The second-order valence-electron chi connectivity index (χ2n) is 7.29. The van der Waals surface area contributed by atoms with Gasteiger partial charge in [-0.15, -0.1) is 11.3 Å². The number of aromatic nitrogens is 3. The summed E-state index contributed by atoms with van der Waals surface area (Å²) in [5.74, 6) is 1.03. The van der Waals surface area contributed by atoms with Crippen molar-refractivity contribution in [3.63, 3.8) is 0 Å². The molecule has 0 spiro atoms. The van der Waals surface area contributed by atoms with Crippen LogP contribution >= 0.6 is 11.3 Å². The fourth-order valence-electron chi connectivity index (χ4n) is 3.13. The van der Waals surface area contributed by atoms with Gasteiger partial charge in [0.25, 0.3) is 5.91 Å². The first-order valence-corrected chi connectivity index (χ1v) is 11.4. The summed E-state index contributed by atoms with van der Waals surface area (Å²) in [6.45, 7) is 0.289. The molecule has 35 heavy (non-hydrogen) atoms. The number of nitrogens with zero attached hydrogens (tertiary/aromatic N) is 3. The van der Waals surface area contributed by atoms with Crippen LogP contribution in [0.2, 0.25) is 0 Å². The number of thiazole rings is 1. The Morgan fingerprint density at radius 1 is 1.00 bits per heavy atom. The van der Waals surface area contributed by atoms with Gasteiger partial charge >= 0.3 is 0 Å². The van der Waals surface area contributed by atoms with Gasteiger partial charge in [-0.2, -0.15) is 5.10 Å². The maximum absolute atomic E-state index is 12.7. The molecule has 0 radical (unpaired) electrons. The lowest BCUT2D eigenvalue weighted by Gasteiger charge is -2.11. The number of methoxy groups -OCH3 is 2. The Kier molecular flexibility index (Phi) is 7.58. The Labute approximate surface area is 205 Å². The van der Waals surface area contributed by atoms with E-state index in [1.165, 1.54) is 29.3 Å². The van der Waals surface area contributed by atoms with E-state index >= 15 is 0 Å². The molecule has 0 saturated carbocycles. The second kappa shape index (κ2) is 11.2. The van der Waals surface area contributed by atoms with Crippen molar-refractivity contribution >= 4 is 34.5 Å². The van der Waals surface area contributed by atoms with Gasteiger partial charge in [-0.05, 0) is 42.5 Å². The van der Waals surface area contributed by atoms with E-state index in [1.807, 2.05) is 5.38 Å². The summed E-state index contributed by atoms with van der Waals surface area (Å²) in [7, 11) is 3.08. The monoisotopic (exact) mass is 493 g/mol.